The normalized spacial score (nSPS) is 25.6. The van der Waals surface area contributed by atoms with E-state index in [9.17, 15) is 4.79 Å². The first-order chi connectivity index (χ1) is 9.66. The average molecular weight is 269 g/mol. The summed E-state index contributed by atoms with van der Waals surface area (Å²) in [7, 11) is 0. The molecular formula is C17H19NO2. The Kier molecular flexibility index (Phi) is 3.35. The Morgan fingerprint density at radius 3 is 2.75 bits per heavy atom. The molecule has 0 aliphatic carbocycles. The monoisotopic (exact) mass is 269 g/mol. The van der Waals surface area contributed by atoms with E-state index in [0.29, 0.717) is 6.42 Å². The second-order valence-electron chi connectivity index (χ2n) is 5.90. The standard InChI is InChI=1S/C17H19NO2/c1-17(11-14-8-5-9-20-14)12-16(19)18-15(17)10-13-6-3-2-4-7-13/h2-9,15H,10-12H2,1H3,(H,18,19). The summed E-state index contributed by atoms with van der Waals surface area (Å²) in [6, 6.07) is 14.3. The van der Waals surface area contributed by atoms with Crippen LogP contribution in [0.25, 0.3) is 0 Å². The van der Waals surface area contributed by atoms with Crippen LogP contribution in [-0.2, 0) is 17.6 Å². The highest BCUT2D eigenvalue weighted by Gasteiger charge is 2.43. The van der Waals surface area contributed by atoms with Crippen molar-refractivity contribution in [2.75, 3.05) is 0 Å². The number of hydrogen-bond donors (Lipinski definition) is 1. The topological polar surface area (TPSA) is 42.2 Å². The molecule has 0 saturated carbocycles. The molecular weight excluding hydrogens is 250 g/mol. The Balaban J connectivity index is 1.79. The summed E-state index contributed by atoms with van der Waals surface area (Å²) in [5, 5.41) is 3.12. The smallest absolute Gasteiger partial charge is 0.220 e. The number of carbonyl (C=O) groups is 1. The largest absolute Gasteiger partial charge is 0.469 e. The van der Waals surface area contributed by atoms with Crippen molar-refractivity contribution < 1.29 is 9.21 Å². The number of furan rings is 1. The van der Waals surface area contributed by atoms with Gasteiger partial charge in [0.15, 0.2) is 0 Å². The number of carbonyl (C=O) groups excluding carboxylic acids is 1. The molecule has 0 bridgehead atoms. The molecule has 2 aromatic rings. The Morgan fingerprint density at radius 1 is 1.25 bits per heavy atom. The quantitative estimate of drug-likeness (QED) is 0.927. The van der Waals surface area contributed by atoms with E-state index < -0.39 is 0 Å². The maximum Gasteiger partial charge on any atom is 0.220 e. The van der Waals surface area contributed by atoms with Crippen LogP contribution in [0.1, 0.15) is 24.7 Å². The van der Waals surface area contributed by atoms with Gasteiger partial charge in [0.1, 0.15) is 5.76 Å². The summed E-state index contributed by atoms with van der Waals surface area (Å²) in [6.45, 7) is 2.17. The second-order valence-corrected chi connectivity index (χ2v) is 5.90. The van der Waals surface area contributed by atoms with E-state index in [-0.39, 0.29) is 17.4 Å². The van der Waals surface area contributed by atoms with Crippen molar-refractivity contribution in [3.63, 3.8) is 0 Å². The molecule has 3 heteroatoms. The molecule has 2 unspecified atom stereocenters. The molecule has 1 aliphatic heterocycles. The van der Waals surface area contributed by atoms with Crippen LogP contribution in [0.3, 0.4) is 0 Å². The minimum atomic E-state index is -0.0925. The Labute approximate surface area is 119 Å². The van der Waals surface area contributed by atoms with E-state index in [1.54, 1.807) is 6.26 Å². The minimum Gasteiger partial charge on any atom is -0.469 e. The lowest BCUT2D eigenvalue weighted by Gasteiger charge is -2.29. The third kappa shape index (κ3) is 2.62. The van der Waals surface area contributed by atoms with Gasteiger partial charge in [0.2, 0.25) is 5.91 Å². The van der Waals surface area contributed by atoms with E-state index in [1.807, 2.05) is 30.3 Å². The molecule has 104 valence electrons. The van der Waals surface area contributed by atoms with Crippen LogP contribution in [0.15, 0.2) is 53.1 Å². The molecule has 1 aromatic carbocycles. The zero-order valence-electron chi connectivity index (χ0n) is 11.6. The summed E-state index contributed by atoms with van der Waals surface area (Å²) < 4.78 is 5.46. The Bertz CT molecular complexity index is 576. The maximum atomic E-state index is 11.8. The number of amides is 1. The van der Waals surface area contributed by atoms with E-state index in [0.717, 1.165) is 18.6 Å². The fraction of sp³-hybridized carbons (Fsp3) is 0.353. The highest BCUT2D eigenvalue weighted by Crippen LogP contribution is 2.36. The molecule has 1 fully saturated rings. The van der Waals surface area contributed by atoms with E-state index in [2.05, 4.69) is 24.4 Å². The van der Waals surface area contributed by atoms with Crippen molar-refractivity contribution in [1.29, 1.82) is 0 Å². The summed E-state index contributed by atoms with van der Waals surface area (Å²) in [5.74, 6) is 1.09. The second kappa shape index (κ2) is 5.16. The van der Waals surface area contributed by atoms with Crippen molar-refractivity contribution in [3.8, 4) is 0 Å². The molecule has 1 amide bonds. The van der Waals surface area contributed by atoms with Gasteiger partial charge >= 0.3 is 0 Å². The first-order valence-electron chi connectivity index (χ1n) is 7.01. The zero-order valence-corrected chi connectivity index (χ0v) is 11.6. The van der Waals surface area contributed by atoms with Crippen LogP contribution < -0.4 is 5.32 Å². The number of hydrogen-bond acceptors (Lipinski definition) is 2. The molecule has 1 aliphatic rings. The van der Waals surface area contributed by atoms with Gasteiger partial charge in [-0.1, -0.05) is 37.3 Å². The SMILES string of the molecule is CC1(Cc2ccco2)CC(=O)NC1Cc1ccccc1. The van der Waals surface area contributed by atoms with E-state index in [4.69, 9.17) is 4.42 Å². The highest BCUT2D eigenvalue weighted by molar-refractivity contribution is 5.80. The van der Waals surface area contributed by atoms with Gasteiger partial charge in [0.25, 0.3) is 0 Å². The molecule has 0 spiro atoms. The fourth-order valence-electron chi connectivity index (χ4n) is 3.05. The van der Waals surface area contributed by atoms with Crippen molar-refractivity contribution >= 4 is 5.91 Å². The number of benzene rings is 1. The minimum absolute atomic E-state index is 0.0925. The van der Waals surface area contributed by atoms with Gasteiger partial charge in [-0.15, -0.1) is 0 Å². The van der Waals surface area contributed by atoms with Gasteiger partial charge in [-0.05, 0) is 24.1 Å². The van der Waals surface area contributed by atoms with Crippen molar-refractivity contribution in [3.05, 3.63) is 60.1 Å². The summed E-state index contributed by atoms with van der Waals surface area (Å²) >= 11 is 0. The lowest BCUT2D eigenvalue weighted by molar-refractivity contribution is -0.119. The van der Waals surface area contributed by atoms with Gasteiger partial charge in [0, 0.05) is 24.3 Å². The molecule has 2 atom stereocenters. The van der Waals surface area contributed by atoms with E-state index >= 15 is 0 Å². The zero-order chi connectivity index (χ0) is 14.0. The molecule has 1 saturated heterocycles. The molecule has 2 heterocycles. The highest BCUT2D eigenvalue weighted by atomic mass is 16.3. The van der Waals surface area contributed by atoms with Crippen molar-refractivity contribution in [2.45, 2.75) is 32.2 Å². The summed E-state index contributed by atoms with van der Waals surface area (Å²) in [6.07, 6.45) is 3.90. The van der Waals surface area contributed by atoms with Crippen LogP contribution in [0.4, 0.5) is 0 Å². The van der Waals surface area contributed by atoms with E-state index in [1.165, 1.54) is 5.56 Å². The van der Waals surface area contributed by atoms with Gasteiger partial charge in [0.05, 0.1) is 6.26 Å². The van der Waals surface area contributed by atoms with Crippen LogP contribution in [-0.4, -0.2) is 11.9 Å². The Hall–Kier alpha value is -2.03. The molecule has 1 aromatic heterocycles. The van der Waals surface area contributed by atoms with Gasteiger partial charge < -0.3 is 9.73 Å². The molecule has 3 rings (SSSR count). The van der Waals surface area contributed by atoms with Crippen LogP contribution in [0.5, 0.6) is 0 Å². The lowest BCUT2D eigenvalue weighted by atomic mass is 9.76. The first kappa shape index (κ1) is 13.0. The van der Waals surface area contributed by atoms with Crippen LogP contribution in [0, 0.1) is 5.41 Å². The lowest BCUT2D eigenvalue weighted by Crippen LogP contribution is -2.38. The van der Waals surface area contributed by atoms with Gasteiger partial charge in [-0.3, -0.25) is 4.79 Å². The maximum absolute atomic E-state index is 11.8. The van der Waals surface area contributed by atoms with Crippen LogP contribution >= 0.6 is 0 Å². The van der Waals surface area contributed by atoms with Crippen LogP contribution in [0.2, 0.25) is 0 Å². The molecule has 20 heavy (non-hydrogen) atoms. The first-order valence-corrected chi connectivity index (χ1v) is 7.01. The molecule has 1 N–H and O–H groups in total. The summed E-state index contributed by atoms with van der Waals surface area (Å²) in [4.78, 5) is 11.8. The fourth-order valence-corrected chi connectivity index (χ4v) is 3.05. The van der Waals surface area contributed by atoms with Crippen molar-refractivity contribution in [1.82, 2.24) is 5.32 Å². The molecule has 0 radical (unpaired) electrons. The predicted molar refractivity (Wildman–Crippen MR) is 77.2 cm³/mol. The average Bonchev–Trinajstić information content (AvgIpc) is 3.00. The third-order valence-electron chi connectivity index (χ3n) is 4.18. The third-order valence-corrected chi connectivity index (χ3v) is 4.18. The Morgan fingerprint density at radius 2 is 2.05 bits per heavy atom. The van der Waals surface area contributed by atoms with Gasteiger partial charge in [-0.2, -0.15) is 0 Å². The molecule has 3 nitrogen and oxygen atoms in total. The number of rotatable bonds is 4. The number of nitrogens with one attached hydrogen (secondary N) is 1. The van der Waals surface area contributed by atoms with Gasteiger partial charge in [-0.25, -0.2) is 0 Å². The van der Waals surface area contributed by atoms with Crippen molar-refractivity contribution in [2.24, 2.45) is 5.41 Å². The summed E-state index contributed by atoms with van der Waals surface area (Å²) in [5.41, 5.74) is 1.16. The predicted octanol–water partition coefficient (Wildman–Crippen LogP) is 2.96.